The summed E-state index contributed by atoms with van der Waals surface area (Å²) in [5.41, 5.74) is 0.287. The Balaban J connectivity index is 2.01. The number of halogens is 2. The number of rotatable bonds is 3. The first-order chi connectivity index (χ1) is 8.48. The van der Waals surface area contributed by atoms with Crippen LogP contribution in [0.1, 0.15) is 18.7 Å². The van der Waals surface area contributed by atoms with E-state index < -0.39 is 5.67 Å². The Hall–Kier alpha value is -1.36. The van der Waals surface area contributed by atoms with Crippen LogP contribution in [0.5, 0.6) is 5.88 Å². The third kappa shape index (κ3) is 1.92. The van der Waals surface area contributed by atoms with Gasteiger partial charge in [-0.25, -0.2) is 9.37 Å². The van der Waals surface area contributed by atoms with Gasteiger partial charge in [0.15, 0.2) is 5.52 Å². The second kappa shape index (κ2) is 3.82. The molecule has 18 heavy (non-hydrogen) atoms. The lowest BCUT2D eigenvalue weighted by Gasteiger charge is -2.08. The predicted molar refractivity (Wildman–Crippen MR) is 66.8 cm³/mol. The van der Waals surface area contributed by atoms with E-state index in [0.29, 0.717) is 29.4 Å². The van der Waals surface area contributed by atoms with Crippen molar-refractivity contribution in [2.24, 2.45) is 7.05 Å². The third-order valence-electron chi connectivity index (χ3n) is 3.29. The molecule has 0 radical (unpaired) electrons. The van der Waals surface area contributed by atoms with Crippen molar-refractivity contribution in [1.82, 2.24) is 14.5 Å². The Morgan fingerprint density at radius 2 is 2.22 bits per heavy atom. The van der Waals surface area contributed by atoms with Gasteiger partial charge in [-0.15, -0.1) is 0 Å². The fourth-order valence-corrected chi connectivity index (χ4v) is 2.00. The van der Waals surface area contributed by atoms with Gasteiger partial charge in [0.2, 0.25) is 5.88 Å². The summed E-state index contributed by atoms with van der Waals surface area (Å²) in [7, 11) is 1.89. The summed E-state index contributed by atoms with van der Waals surface area (Å²) in [5, 5.41) is 0.323. The van der Waals surface area contributed by atoms with Gasteiger partial charge in [0.25, 0.3) is 0 Å². The van der Waals surface area contributed by atoms with Crippen molar-refractivity contribution in [1.29, 1.82) is 0 Å². The minimum atomic E-state index is -1.18. The first kappa shape index (κ1) is 11.7. The molecular formula is C12H13ClFN3O. The van der Waals surface area contributed by atoms with E-state index >= 15 is 0 Å². The molecule has 1 aliphatic carbocycles. The summed E-state index contributed by atoms with van der Waals surface area (Å²) in [6.07, 6.45) is 1.11. The summed E-state index contributed by atoms with van der Waals surface area (Å²) in [6.45, 7) is 1.90. The van der Waals surface area contributed by atoms with Crippen LogP contribution in [0.4, 0.5) is 4.39 Å². The maximum Gasteiger partial charge on any atom is 0.243 e. The van der Waals surface area contributed by atoms with Gasteiger partial charge in [0.05, 0.1) is 5.52 Å². The van der Waals surface area contributed by atoms with Crippen LogP contribution >= 0.6 is 11.6 Å². The molecule has 0 bridgehead atoms. The highest BCUT2D eigenvalue weighted by atomic mass is 35.5. The van der Waals surface area contributed by atoms with Gasteiger partial charge < -0.3 is 9.30 Å². The van der Waals surface area contributed by atoms with E-state index in [-0.39, 0.29) is 6.61 Å². The van der Waals surface area contributed by atoms with Crippen molar-refractivity contribution < 1.29 is 9.13 Å². The summed E-state index contributed by atoms with van der Waals surface area (Å²) >= 11 is 5.94. The number of nitrogens with zero attached hydrogens (tertiary/aromatic N) is 3. The van der Waals surface area contributed by atoms with Crippen LogP contribution < -0.4 is 4.74 Å². The van der Waals surface area contributed by atoms with Gasteiger partial charge >= 0.3 is 0 Å². The van der Waals surface area contributed by atoms with Crippen molar-refractivity contribution in [3.05, 3.63) is 17.0 Å². The molecular weight excluding hydrogens is 257 g/mol. The van der Waals surface area contributed by atoms with E-state index in [2.05, 4.69) is 9.97 Å². The molecule has 96 valence electrons. The van der Waals surface area contributed by atoms with Crippen LogP contribution in [0.2, 0.25) is 5.15 Å². The van der Waals surface area contributed by atoms with Gasteiger partial charge in [-0.1, -0.05) is 11.6 Å². The van der Waals surface area contributed by atoms with Gasteiger partial charge in [0.1, 0.15) is 23.3 Å². The number of fused-ring (bicyclic) bond motifs is 1. The van der Waals surface area contributed by atoms with E-state index in [1.807, 2.05) is 18.5 Å². The SMILES string of the molecule is Cc1nc2c(OCC3(F)CC3)nc(Cl)cc2n1C. The minimum absolute atomic E-state index is 0.0189. The first-order valence-corrected chi connectivity index (χ1v) is 6.18. The molecule has 1 fully saturated rings. The second-order valence-electron chi connectivity index (χ2n) is 4.78. The molecule has 6 heteroatoms. The molecule has 0 unspecified atom stereocenters. The Kier molecular flexibility index (Phi) is 2.48. The smallest absolute Gasteiger partial charge is 0.243 e. The number of alkyl halides is 1. The molecule has 0 saturated heterocycles. The first-order valence-electron chi connectivity index (χ1n) is 5.80. The summed E-state index contributed by atoms with van der Waals surface area (Å²) in [6, 6.07) is 1.73. The Labute approximate surface area is 109 Å². The van der Waals surface area contributed by atoms with E-state index in [9.17, 15) is 4.39 Å². The zero-order valence-corrected chi connectivity index (χ0v) is 11.0. The van der Waals surface area contributed by atoms with E-state index in [0.717, 1.165) is 11.3 Å². The maximum absolute atomic E-state index is 13.6. The highest BCUT2D eigenvalue weighted by Gasteiger charge is 2.44. The number of pyridine rings is 1. The van der Waals surface area contributed by atoms with Crippen molar-refractivity contribution in [3.63, 3.8) is 0 Å². The van der Waals surface area contributed by atoms with E-state index in [4.69, 9.17) is 16.3 Å². The topological polar surface area (TPSA) is 39.9 Å². The molecule has 1 saturated carbocycles. The van der Waals surface area contributed by atoms with Crippen LogP contribution in [0.15, 0.2) is 6.07 Å². The molecule has 3 rings (SSSR count). The maximum atomic E-state index is 13.6. The largest absolute Gasteiger partial charge is 0.473 e. The van der Waals surface area contributed by atoms with Crippen molar-refractivity contribution in [2.75, 3.05) is 6.61 Å². The molecule has 0 amide bonds. The lowest BCUT2D eigenvalue weighted by atomic mass is 10.4. The van der Waals surface area contributed by atoms with Crippen LogP contribution in [-0.2, 0) is 7.05 Å². The van der Waals surface area contributed by atoms with Crippen molar-refractivity contribution >= 4 is 22.6 Å². The molecule has 2 aromatic rings. The zero-order chi connectivity index (χ0) is 12.9. The van der Waals surface area contributed by atoms with Crippen LogP contribution in [0.3, 0.4) is 0 Å². The molecule has 0 aliphatic heterocycles. The molecule has 1 aliphatic rings. The Bertz CT molecular complexity index is 621. The fourth-order valence-electron chi connectivity index (χ4n) is 1.82. The zero-order valence-electron chi connectivity index (χ0n) is 10.2. The highest BCUT2D eigenvalue weighted by molar-refractivity contribution is 6.30. The number of aromatic nitrogens is 3. The Morgan fingerprint density at radius 3 is 2.89 bits per heavy atom. The molecule has 2 heterocycles. The van der Waals surface area contributed by atoms with Gasteiger partial charge in [0, 0.05) is 13.1 Å². The quantitative estimate of drug-likeness (QED) is 0.805. The van der Waals surface area contributed by atoms with Crippen molar-refractivity contribution in [3.8, 4) is 5.88 Å². The van der Waals surface area contributed by atoms with Crippen LogP contribution in [-0.4, -0.2) is 26.8 Å². The monoisotopic (exact) mass is 269 g/mol. The van der Waals surface area contributed by atoms with Crippen LogP contribution in [0, 0.1) is 6.92 Å². The minimum Gasteiger partial charge on any atom is -0.473 e. The molecule has 4 nitrogen and oxygen atoms in total. The van der Waals surface area contributed by atoms with E-state index in [1.54, 1.807) is 6.07 Å². The molecule has 0 aromatic carbocycles. The number of aryl methyl sites for hydroxylation is 2. The molecule has 0 spiro atoms. The molecule has 0 atom stereocenters. The van der Waals surface area contributed by atoms with Gasteiger partial charge in [-0.2, -0.15) is 4.98 Å². The van der Waals surface area contributed by atoms with Gasteiger partial charge in [-0.3, -0.25) is 0 Å². The standard InChI is InChI=1S/C12H13ClFN3O/c1-7-15-10-8(17(7)2)5-9(13)16-11(10)18-6-12(14)3-4-12/h5H,3-4,6H2,1-2H3. The molecule has 0 N–H and O–H groups in total. The lowest BCUT2D eigenvalue weighted by molar-refractivity contribution is 0.174. The number of hydrogen-bond acceptors (Lipinski definition) is 3. The summed E-state index contributed by atoms with van der Waals surface area (Å²) < 4.78 is 20.9. The fraction of sp³-hybridized carbons (Fsp3) is 0.500. The number of ether oxygens (including phenoxy) is 1. The lowest BCUT2D eigenvalue weighted by Crippen LogP contribution is -2.14. The van der Waals surface area contributed by atoms with E-state index in [1.165, 1.54) is 0 Å². The number of hydrogen-bond donors (Lipinski definition) is 0. The second-order valence-corrected chi connectivity index (χ2v) is 5.16. The Morgan fingerprint density at radius 1 is 1.50 bits per heavy atom. The summed E-state index contributed by atoms with van der Waals surface area (Å²) in [4.78, 5) is 8.46. The average molecular weight is 270 g/mol. The molecule has 2 aromatic heterocycles. The van der Waals surface area contributed by atoms with Crippen molar-refractivity contribution in [2.45, 2.75) is 25.4 Å². The normalized spacial score (nSPS) is 17.1. The average Bonchev–Trinajstić information content (AvgIpc) is 2.99. The van der Waals surface area contributed by atoms with Crippen LogP contribution in [0.25, 0.3) is 11.0 Å². The van der Waals surface area contributed by atoms with Gasteiger partial charge in [-0.05, 0) is 19.8 Å². The summed E-state index contributed by atoms with van der Waals surface area (Å²) in [5.74, 6) is 1.14. The highest BCUT2D eigenvalue weighted by Crippen LogP contribution is 2.40. The third-order valence-corrected chi connectivity index (χ3v) is 3.48. The predicted octanol–water partition coefficient (Wildman–Crippen LogP) is 2.81. The number of imidazole rings is 1.